The molecule has 0 saturated carbocycles. The van der Waals surface area contributed by atoms with E-state index in [1.165, 1.54) is 10.8 Å². The molecule has 5 nitrogen and oxygen atoms in total. The molecule has 0 atom stereocenters. The minimum atomic E-state index is 0.629. The molecular weight excluding hydrogens is 649 g/mol. The molecule has 0 bridgehead atoms. The van der Waals surface area contributed by atoms with Crippen LogP contribution in [0.2, 0.25) is 0 Å². The average molecular weight is 677 g/mol. The molecule has 0 radical (unpaired) electrons. The average Bonchev–Trinajstić information content (AvgIpc) is 3.88. The first-order chi connectivity index (χ1) is 26.3. The molecule has 0 N–H and O–H groups in total. The van der Waals surface area contributed by atoms with Gasteiger partial charge in [-0.15, -0.1) is 0 Å². The number of aromatic nitrogens is 4. The molecule has 0 saturated heterocycles. The summed E-state index contributed by atoms with van der Waals surface area (Å²) in [5, 5.41) is 10.2. The predicted octanol–water partition coefficient (Wildman–Crippen LogP) is 12.5. The number of nitrogens with zero attached hydrogens (tertiary/aromatic N) is 4. The van der Waals surface area contributed by atoms with Gasteiger partial charge in [0.2, 0.25) is 5.95 Å². The molecular formula is C48H28N4O. The second kappa shape index (κ2) is 10.6. The molecule has 4 aromatic heterocycles. The zero-order chi connectivity index (χ0) is 34.6. The molecule has 246 valence electrons. The minimum absolute atomic E-state index is 0.629. The highest BCUT2D eigenvalue weighted by atomic mass is 16.3. The topological polar surface area (TPSA) is 48.8 Å². The largest absolute Gasteiger partial charge is 0.454 e. The SMILES string of the molecule is c1ccc(-n2c3c(ccc4c5ccccc5oc43)c3ccc4c5ccccc5n(-c5nc(-c6ccc7ccccc7c6)c6ccccc6n5)c4c32)cc1. The van der Waals surface area contributed by atoms with Crippen LogP contribution in [0.15, 0.2) is 174 Å². The van der Waals surface area contributed by atoms with Gasteiger partial charge in [-0.1, -0.05) is 127 Å². The lowest BCUT2D eigenvalue weighted by Crippen LogP contribution is -2.04. The molecule has 0 unspecified atom stereocenters. The van der Waals surface area contributed by atoms with E-state index < -0.39 is 0 Å². The highest BCUT2D eigenvalue weighted by molar-refractivity contribution is 6.27. The summed E-state index contributed by atoms with van der Waals surface area (Å²) in [5.74, 6) is 0.629. The molecule has 0 aliphatic carbocycles. The van der Waals surface area contributed by atoms with Gasteiger partial charge >= 0.3 is 0 Å². The summed E-state index contributed by atoms with van der Waals surface area (Å²) in [6, 6.07) is 59.9. The molecule has 12 rings (SSSR count). The fourth-order valence-corrected chi connectivity index (χ4v) is 8.57. The number of rotatable bonds is 3. The number of para-hydroxylation sites is 4. The van der Waals surface area contributed by atoms with E-state index in [2.05, 4.69) is 173 Å². The third-order valence-electron chi connectivity index (χ3n) is 10.9. The first kappa shape index (κ1) is 28.5. The lowest BCUT2D eigenvalue weighted by molar-refractivity contribution is 0.671. The number of fused-ring (bicyclic) bond motifs is 13. The summed E-state index contributed by atoms with van der Waals surface area (Å²) in [4.78, 5) is 10.8. The summed E-state index contributed by atoms with van der Waals surface area (Å²) in [6.07, 6.45) is 0. The van der Waals surface area contributed by atoms with Crippen molar-refractivity contribution in [3.05, 3.63) is 170 Å². The highest BCUT2D eigenvalue weighted by Crippen LogP contribution is 2.45. The summed E-state index contributed by atoms with van der Waals surface area (Å²) in [7, 11) is 0. The molecule has 12 aromatic rings. The van der Waals surface area contributed by atoms with Gasteiger partial charge in [0.05, 0.1) is 33.3 Å². The van der Waals surface area contributed by atoms with Crippen molar-refractivity contribution in [3.8, 4) is 22.9 Å². The zero-order valence-electron chi connectivity index (χ0n) is 28.4. The Morgan fingerprint density at radius 3 is 1.92 bits per heavy atom. The lowest BCUT2D eigenvalue weighted by Gasteiger charge is -2.14. The van der Waals surface area contributed by atoms with Crippen molar-refractivity contribution in [2.24, 2.45) is 0 Å². The molecule has 0 fully saturated rings. The van der Waals surface area contributed by atoms with Crippen LogP contribution in [0.25, 0.3) is 110 Å². The normalized spacial score (nSPS) is 12.2. The van der Waals surface area contributed by atoms with E-state index in [-0.39, 0.29) is 0 Å². The summed E-state index contributed by atoms with van der Waals surface area (Å²) < 4.78 is 11.4. The Bertz CT molecular complexity index is 3460. The Hall–Kier alpha value is -7.24. The third kappa shape index (κ3) is 3.96. The van der Waals surface area contributed by atoms with Crippen molar-refractivity contribution in [1.82, 2.24) is 19.1 Å². The van der Waals surface area contributed by atoms with E-state index in [9.17, 15) is 0 Å². The molecule has 53 heavy (non-hydrogen) atoms. The number of hydrogen-bond acceptors (Lipinski definition) is 3. The lowest BCUT2D eigenvalue weighted by atomic mass is 10.0. The van der Waals surface area contributed by atoms with Crippen LogP contribution in [0.4, 0.5) is 0 Å². The van der Waals surface area contributed by atoms with Crippen LogP contribution in [0, 0.1) is 0 Å². The second-order valence-electron chi connectivity index (χ2n) is 13.8. The summed E-state index contributed by atoms with van der Waals surface area (Å²) in [5.41, 5.74) is 9.89. The maximum absolute atomic E-state index is 6.73. The molecule has 0 amide bonds. The van der Waals surface area contributed by atoms with Crippen molar-refractivity contribution in [2.45, 2.75) is 0 Å². The zero-order valence-corrected chi connectivity index (χ0v) is 28.4. The van der Waals surface area contributed by atoms with Gasteiger partial charge in [-0.25, -0.2) is 9.97 Å². The van der Waals surface area contributed by atoms with Gasteiger partial charge in [0, 0.05) is 49.0 Å². The second-order valence-corrected chi connectivity index (χ2v) is 13.8. The van der Waals surface area contributed by atoms with E-state index in [0.717, 1.165) is 93.4 Å². The van der Waals surface area contributed by atoms with Crippen LogP contribution in [0.3, 0.4) is 0 Å². The van der Waals surface area contributed by atoms with E-state index in [1.54, 1.807) is 0 Å². The Morgan fingerprint density at radius 2 is 1.06 bits per heavy atom. The monoisotopic (exact) mass is 676 g/mol. The van der Waals surface area contributed by atoms with Gasteiger partial charge in [-0.3, -0.25) is 4.57 Å². The van der Waals surface area contributed by atoms with Crippen molar-refractivity contribution < 1.29 is 4.42 Å². The van der Waals surface area contributed by atoms with Crippen molar-refractivity contribution >= 4 is 87.2 Å². The fourth-order valence-electron chi connectivity index (χ4n) is 8.57. The van der Waals surface area contributed by atoms with Crippen molar-refractivity contribution in [2.75, 3.05) is 0 Å². The number of furan rings is 1. The van der Waals surface area contributed by atoms with Crippen LogP contribution in [-0.4, -0.2) is 19.1 Å². The molecule has 0 spiro atoms. The van der Waals surface area contributed by atoms with E-state index in [4.69, 9.17) is 14.4 Å². The first-order valence-corrected chi connectivity index (χ1v) is 17.9. The molecule has 8 aromatic carbocycles. The van der Waals surface area contributed by atoms with E-state index in [0.29, 0.717) is 5.95 Å². The Kier molecular flexibility index (Phi) is 5.71. The van der Waals surface area contributed by atoms with Gasteiger partial charge in [-0.05, 0) is 53.2 Å². The van der Waals surface area contributed by atoms with Gasteiger partial charge in [-0.2, -0.15) is 0 Å². The number of benzene rings is 8. The summed E-state index contributed by atoms with van der Waals surface area (Å²) in [6.45, 7) is 0. The predicted molar refractivity (Wildman–Crippen MR) is 218 cm³/mol. The molecule has 0 aliphatic rings. The van der Waals surface area contributed by atoms with Crippen LogP contribution in [-0.2, 0) is 0 Å². The van der Waals surface area contributed by atoms with Crippen LogP contribution in [0.1, 0.15) is 0 Å². The molecule has 4 heterocycles. The van der Waals surface area contributed by atoms with Crippen molar-refractivity contribution in [1.29, 1.82) is 0 Å². The standard InChI is InChI=1S/C48H28N4O/c1-2-14-32(15-3-1)51-44-36(37-26-27-38-34-17-8-11-21-42(34)53-47(38)46(37)51)25-24-35-33-16-7-10-20-41(33)52(45(35)44)48-49-40-19-9-6-18-39(40)43(50-48)31-23-22-29-12-4-5-13-30(29)28-31/h1-28H. The van der Waals surface area contributed by atoms with Crippen LogP contribution in [0.5, 0.6) is 0 Å². The first-order valence-electron chi connectivity index (χ1n) is 17.9. The fraction of sp³-hybridized carbons (Fsp3) is 0. The van der Waals surface area contributed by atoms with Gasteiger partial charge < -0.3 is 8.98 Å². The van der Waals surface area contributed by atoms with Crippen LogP contribution >= 0.6 is 0 Å². The van der Waals surface area contributed by atoms with E-state index >= 15 is 0 Å². The Balaban J connectivity index is 1.27. The van der Waals surface area contributed by atoms with Gasteiger partial charge in [0.25, 0.3) is 0 Å². The smallest absolute Gasteiger partial charge is 0.235 e. The van der Waals surface area contributed by atoms with Gasteiger partial charge in [0.1, 0.15) is 5.58 Å². The van der Waals surface area contributed by atoms with E-state index in [1.807, 2.05) is 6.07 Å². The minimum Gasteiger partial charge on any atom is -0.454 e. The van der Waals surface area contributed by atoms with Gasteiger partial charge in [0.15, 0.2) is 5.58 Å². The molecule has 0 aliphatic heterocycles. The maximum Gasteiger partial charge on any atom is 0.235 e. The molecule has 5 heteroatoms. The van der Waals surface area contributed by atoms with Crippen LogP contribution < -0.4 is 0 Å². The Labute approximate surface area is 302 Å². The third-order valence-corrected chi connectivity index (χ3v) is 10.9. The summed E-state index contributed by atoms with van der Waals surface area (Å²) >= 11 is 0. The number of hydrogen-bond donors (Lipinski definition) is 0. The maximum atomic E-state index is 6.73. The highest BCUT2D eigenvalue weighted by Gasteiger charge is 2.25. The quantitative estimate of drug-likeness (QED) is 0.187. The Morgan fingerprint density at radius 1 is 0.415 bits per heavy atom. The van der Waals surface area contributed by atoms with Crippen molar-refractivity contribution in [3.63, 3.8) is 0 Å².